The summed E-state index contributed by atoms with van der Waals surface area (Å²) in [7, 11) is 0. The van der Waals surface area contributed by atoms with Gasteiger partial charge in [-0.2, -0.15) is 0 Å². The van der Waals surface area contributed by atoms with Crippen LogP contribution in [0, 0.1) is 0 Å². The summed E-state index contributed by atoms with van der Waals surface area (Å²) in [6, 6.07) is 5.62. The molecule has 5 heteroatoms. The van der Waals surface area contributed by atoms with Crippen molar-refractivity contribution in [1.29, 1.82) is 0 Å². The van der Waals surface area contributed by atoms with Gasteiger partial charge in [-0.1, -0.05) is 15.9 Å². The molecule has 1 aromatic rings. The second-order valence-electron chi connectivity index (χ2n) is 4.06. The number of hydrogen-bond acceptors (Lipinski definition) is 2. The second kappa shape index (κ2) is 5.50. The lowest BCUT2D eigenvalue weighted by Crippen LogP contribution is -2.44. The molecular formula is C12H13Br2NO2. The zero-order valence-electron chi connectivity index (χ0n) is 9.45. The van der Waals surface area contributed by atoms with Gasteiger partial charge in [-0.05, 0) is 41.1 Å². The fourth-order valence-electron chi connectivity index (χ4n) is 1.83. The molecule has 92 valence electrons. The summed E-state index contributed by atoms with van der Waals surface area (Å²) >= 11 is 6.80. The Morgan fingerprint density at radius 1 is 1.47 bits per heavy atom. The predicted molar refractivity (Wildman–Crippen MR) is 73.2 cm³/mol. The van der Waals surface area contributed by atoms with Crippen molar-refractivity contribution in [2.75, 3.05) is 19.7 Å². The van der Waals surface area contributed by atoms with Gasteiger partial charge in [-0.3, -0.25) is 4.79 Å². The molecule has 2 rings (SSSR count). The van der Waals surface area contributed by atoms with Gasteiger partial charge in [0.15, 0.2) is 0 Å². The molecule has 1 aliphatic rings. The Morgan fingerprint density at radius 3 is 2.94 bits per heavy atom. The molecule has 1 saturated heterocycles. The Kier molecular flexibility index (Phi) is 4.22. The smallest absolute Gasteiger partial charge is 0.255 e. The lowest BCUT2D eigenvalue weighted by Gasteiger charge is -2.31. The van der Waals surface area contributed by atoms with Gasteiger partial charge in [-0.25, -0.2) is 0 Å². The minimum atomic E-state index is 0.0494. The number of nitrogens with zero attached hydrogens (tertiary/aromatic N) is 1. The predicted octanol–water partition coefficient (Wildman–Crippen LogP) is 3.07. The minimum absolute atomic E-state index is 0.0494. The van der Waals surface area contributed by atoms with Crippen molar-refractivity contribution in [1.82, 2.24) is 4.90 Å². The molecule has 0 N–H and O–H groups in total. The van der Waals surface area contributed by atoms with Gasteiger partial charge in [-0.15, -0.1) is 0 Å². The Labute approximate surface area is 117 Å². The topological polar surface area (TPSA) is 29.5 Å². The van der Waals surface area contributed by atoms with Gasteiger partial charge in [0, 0.05) is 22.0 Å². The van der Waals surface area contributed by atoms with Crippen LogP contribution in [0.1, 0.15) is 17.3 Å². The number of ether oxygens (including phenoxy) is 1. The molecule has 1 aliphatic heterocycles. The van der Waals surface area contributed by atoms with E-state index in [2.05, 4.69) is 31.9 Å². The van der Waals surface area contributed by atoms with Crippen molar-refractivity contribution >= 4 is 37.8 Å². The van der Waals surface area contributed by atoms with E-state index < -0.39 is 0 Å². The van der Waals surface area contributed by atoms with E-state index in [1.54, 1.807) is 0 Å². The summed E-state index contributed by atoms with van der Waals surface area (Å²) in [5, 5.41) is 0. The Morgan fingerprint density at radius 2 is 2.24 bits per heavy atom. The highest BCUT2D eigenvalue weighted by atomic mass is 79.9. The van der Waals surface area contributed by atoms with Gasteiger partial charge in [0.25, 0.3) is 5.91 Å². The van der Waals surface area contributed by atoms with Crippen molar-refractivity contribution < 1.29 is 9.53 Å². The van der Waals surface area contributed by atoms with Crippen LogP contribution in [0.25, 0.3) is 0 Å². The molecule has 1 atom stereocenters. The summed E-state index contributed by atoms with van der Waals surface area (Å²) in [5.41, 5.74) is 0.688. The van der Waals surface area contributed by atoms with Crippen LogP contribution in [0.2, 0.25) is 0 Å². The Bertz CT molecular complexity index is 437. The van der Waals surface area contributed by atoms with E-state index in [9.17, 15) is 4.79 Å². The normalized spacial score (nSPS) is 20.4. The first kappa shape index (κ1) is 13.1. The van der Waals surface area contributed by atoms with E-state index in [-0.39, 0.29) is 12.0 Å². The van der Waals surface area contributed by atoms with E-state index >= 15 is 0 Å². The van der Waals surface area contributed by atoms with Crippen molar-refractivity contribution in [3.63, 3.8) is 0 Å². The first-order valence-corrected chi connectivity index (χ1v) is 7.02. The Balaban J connectivity index is 2.21. The number of rotatable bonds is 1. The van der Waals surface area contributed by atoms with Gasteiger partial charge in [0.1, 0.15) is 0 Å². The lowest BCUT2D eigenvalue weighted by molar-refractivity contribution is -0.0124. The molecular weight excluding hydrogens is 350 g/mol. The van der Waals surface area contributed by atoms with Crippen LogP contribution < -0.4 is 0 Å². The van der Waals surface area contributed by atoms with Crippen molar-refractivity contribution in [3.05, 3.63) is 32.7 Å². The van der Waals surface area contributed by atoms with Crippen LogP contribution >= 0.6 is 31.9 Å². The molecule has 1 heterocycles. The first-order chi connectivity index (χ1) is 8.08. The number of amides is 1. The number of morpholine rings is 1. The third kappa shape index (κ3) is 3.09. The molecule has 17 heavy (non-hydrogen) atoms. The molecule has 0 aliphatic carbocycles. The van der Waals surface area contributed by atoms with E-state index in [0.29, 0.717) is 25.3 Å². The van der Waals surface area contributed by atoms with Gasteiger partial charge < -0.3 is 9.64 Å². The molecule has 3 nitrogen and oxygen atoms in total. The van der Waals surface area contributed by atoms with Crippen LogP contribution in [-0.2, 0) is 4.74 Å². The van der Waals surface area contributed by atoms with E-state index in [0.717, 1.165) is 8.95 Å². The molecule has 0 spiro atoms. The number of hydrogen-bond donors (Lipinski definition) is 0. The quantitative estimate of drug-likeness (QED) is 0.768. The molecule has 0 aromatic heterocycles. The maximum absolute atomic E-state index is 12.3. The molecule has 0 saturated carbocycles. The van der Waals surface area contributed by atoms with Crippen LogP contribution in [-0.4, -0.2) is 36.6 Å². The maximum atomic E-state index is 12.3. The van der Waals surface area contributed by atoms with Crippen molar-refractivity contribution in [3.8, 4) is 0 Å². The lowest BCUT2D eigenvalue weighted by atomic mass is 10.2. The second-order valence-corrected chi connectivity index (χ2v) is 5.83. The first-order valence-electron chi connectivity index (χ1n) is 5.44. The average Bonchev–Trinajstić information content (AvgIpc) is 2.31. The zero-order chi connectivity index (χ0) is 12.4. The van der Waals surface area contributed by atoms with E-state index in [4.69, 9.17) is 4.74 Å². The molecule has 0 bridgehead atoms. The molecule has 0 radical (unpaired) electrons. The molecule has 1 fully saturated rings. The highest BCUT2D eigenvalue weighted by Gasteiger charge is 2.23. The minimum Gasteiger partial charge on any atom is -0.375 e. The SMILES string of the molecule is CC1CN(C(=O)c2cc(Br)ccc2Br)CCO1. The third-order valence-corrected chi connectivity index (χ3v) is 3.87. The fraction of sp³-hybridized carbons (Fsp3) is 0.417. The monoisotopic (exact) mass is 361 g/mol. The maximum Gasteiger partial charge on any atom is 0.255 e. The van der Waals surface area contributed by atoms with Gasteiger partial charge >= 0.3 is 0 Å². The van der Waals surface area contributed by atoms with Gasteiger partial charge in [0.2, 0.25) is 0 Å². The molecule has 1 amide bonds. The third-order valence-electron chi connectivity index (χ3n) is 2.69. The average molecular weight is 363 g/mol. The summed E-state index contributed by atoms with van der Waals surface area (Å²) in [6.45, 7) is 3.90. The summed E-state index contributed by atoms with van der Waals surface area (Å²) in [4.78, 5) is 14.2. The molecule has 1 aromatic carbocycles. The number of carbonyl (C=O) groups is 1. The van der Waals surface area contributed by atoms with Crippen molar-refractivity contribution in [2.24, 2.45) is 0 Å². The summed E-state index contributed by atoms with van der Waals surface area (Å²) in [6.07, 6.45) is 0.110. The number of carbonyl (C=O) groups excluding carboxylic acids is 1. The zero-order valence-corrected chi connectivity index (χ0v) is 12.6. The number of halogens is 2. The Hall–Kier alpha value is -0.390. The van der Waals surface area contributed by atoms with E-state index in [1.165, 1.54) is 0 Å². The summed E-state index contributed by atoms with van der Waals surface area (Å²) in [5.74, 6) is 0.0494. The highest BCUT2D eigenvalue weighted by molar-refractivity contribution is 9.11. The van der Waals surface area contributed by atoms with Crippen LogP contribution in [0.5, 0.6) is 0 Å². The van der Waals surface area contributed by atoms with Crippen LogP contribution in [0.4, 0.5) is 0 Å². The number of benzene rings is 1. The van der Waals surface area contributed by atoms with Crippen LogP contribution in [0.15, 0.2) is 27.1 Å². The molecule has 1 unspecified atom stereocenters. The fourth-order valence-corrected chi connectivity index (χ4v) is 2.61. The summed E-state index contributed by atoms with van der Waals surface area (Å²) < 4.78 is 7.16. The van der Waals surface area contributed by atoms with Crippen LogP contribution in [0.3, 0.4) is 0 Å². The van der Waals surface area contributed by atoms with Crippen molar-refractivity contribution in [2.45, 2.75) is 13.0 Å². The highest BCUT2D eigenvalue weighted by Crippen LogP contribution is 2.23. The standard InChI is InChI=1S/C12H13Br2NO2/c1-8-7-15(4-5-17-8)12(16)10-6-9(13)2-3-11(10)14/h2-3,6,8H,4-5,7H2,1H3. The van der Waals surface area contributed by atoms with E-state index in [1.807, 2.05) is 30.0 Å². The van der Waals surface area contributed by atoms with Gasteiger partial charge in [0.05, 0.1) is 18.3 Å². The largest absolute Gasteiger partial charge is 0.375 e.